The van der Waals surface area contributed by atoms with E-state index in [-0.39, 0.29) is 12.6 Å². The predicted octanol–water partition coefficient (Wildman–Crippen LogP) is 2.99. The van der Waals surface area contributed by atoms with Crippen molar-refractivity contribution < 1.29 is 9.26 Å². The molecule has 0 bridgehead atoms. The van der Waals surface area contributed by atoms with Gasteiger partial charge in [0, 0.05) is 5.56 Å². The molecule has 0 aliphatic carbocycles. The van der Waals surface area contributed by atoms with E-state index in [2.05, 4.69) is 24.0 Å². The number of nitrogens with two attached hydrogens (primary N) is 1. The molecule has 0 aliphatic rings. The van der Waals surface area contributed by atoms with Gasteiger partial charge in [0.25, 0.3) is 0 Å². The standard InChI is InChI=1S/C15H21N3O2/c1-5-11(4)19-14-9(2)6-12(7-10(14)3)15-17-13(8-16)20-18-15/h6-7,11H,5,8,16H2,1-4H3/t11-/m0/s1. The minimum Gasteiger partial charge on any atom is -0.490 e. The summed E-state index contributed by atoms with van der Waals surface area (Å²) in [5.74, 6) is 1.94. The minimum atomic E-state index is 0.201. The van der Waals surface area contributed by atoms with Crippen molar-refractivity contribution >= 4 is 0 Å². The van der Waals surface area contributed by atoms with Crippen molar-refractivity contribution in [3.8, 4) is 17.1 Å². The van der Waals surface area contributed by atoms with Crippen LogP contribution in [0.5, 0.6) is 5.75 Å². The van der Waals surface area contributed by atoms with Gasteiger partial charge in [0.1, 0.15) is 5.75 Å². The maximum absolute atomic E-state index is 5.96. The van der Waals surface area contributed by atoms with Gasteiger partial charge in [-0.2, -0.15) is 4.98 Å². The summed E-state index contributed by atoms with van der Waals surface area (Å²) in [6, 6.07) is 4.02. The van der Waals surface area contributed by atoms with Crippen LogP contribution >= 0.6 is 0 Å². The van der Waals surface area contributed by atoms with Crippen molar-refractivity contribution in [1.29, 1.82) is 0 Å². The Labute approximate surface area is 119 Å². The Hall–Kier alpha value is -1.88. The number of ether oxygens (including phenoxy) is 1. The lowest BCUT2D eigenvalue weighted by atomic mass is 10.0. The summed E-state index contributed by atoms with van der Waals surface area (Å²) in [5, 5.41) is 3.94. The highest BCUT2D eigenvalue weighted by Gasteiger charge is 2.13. The predicted molar refractivity (Wildman–Crippen MR) is 77.5 cm³/mol. The molecule has 0 amide bonds. The summed E-state index contributed by atoms with van der Waals surface area (Å²) < 4.78 is 11.0. The molecule has 20 heavy (non-hydrogen) atoms. The first-order valence-electron chi connectivity index (χ1n) is 6.86. The summed E-state index contributed by atoms with van der Waals surface area (Å²) in [7, 11) is 0. The normalized spacial score (nSPS) is 12.4. The molecular formula is C15H21N3O2. The van der Waals surface area contributed by atoms with Crippen LogP contribution in [0.3, 0.4) is 0 Å². The zero-order chi connectivity index (χ0) is 14.7. The summed E-state index contributed by atoms with van der Waals surface area (Å²) in [4.78, 5) is 4.24. The van der Waals surface area contributed by atoms with Crippen molar-refractivity contribution in [2.24, 2.45) is 5.73 Å². The second-order valence-electron chi connectivity index (χ2n) is 4.99. The van der Waals surface area contributed by atoms with Crippen LogP contribution in [0.4, 0.5) is 0 Å². The molecule has 2 rings (SSSR count). The molecule has 0 saturated heterocycles. The third kappa shape index (κ3) is 2.99. The molecule has 2 aromatic rings. The number of nitrogens with zero attached hydrogens (tertiary/aromatic N) is 2. The largest absolute Gasteiger partial charge is 0.490 e. The average molecular weight is 275 g/mol. The van der Waals surface area contributed by atoms with Crippen LogP contribution in [0.2, 0.25) is 0 Å². The molecule has 108 valence electrons. The van der Waals surface area contributed by atoms with E-state index in [0.29, 0.717) is 11.7 Å². The first-order chi connectivity index (χ1) is 9.55. The lowest BCUT2D eigenvalue weighted by Gasteiger charge is -2.17. The van der Waals surface area contributed by atoms with Crippen LogP contribution in [0, 0.1) is 13.8 Å². The number of rotatable bonds is 5. The fourth-order valence-electron chi connectivity index (χ4n) is 2.00. The summed E-state index contributed by atoms with van der Waals surface area (Å²) in [5.41, 5.74) is 8.53. The van der Waals surface area contributed by atoms with E-state index < -0.39 is 0 Å². The molecule has 2 N–H and O–H groups in total. The van der Waals surface area contributed by atoms with Crippen molar-refractivity contribution in [3.63, 3.8) is 0 Å². The fraction of sp³-hybridized carbons (Fsp3) is 0.467. The molecule has 1 atom stereocenters. The van der Waals surface area contributed by atoms with Crippen molar-refractivity contribution in [2.45, 2.75) is 46.8 Å². The zero-order valence-corrected chi connectivity index (χ0v) is 12.4. The van der Waals surface area contributed by atoms with Crippen molar-refractivity contribution in [2.75, 3.05) is 0 Å². The number of benzene rings is 1. The van der Waals surface area contributed by atoms with Gasteiger partial charge in [-0.05, 0) is 50.5 Å². The molecule has 0 fully saturated rings. The van der Waals surface area contributed by atoms with Crippen LogP contribution in [-0.2, 0) is 6.54 Å². The van der Waals surface area contributed by atoms with E-state index in [9.17, 15) is 0 Å². The second-order valence-corrected chi connectivity index (χ2v) is 4.99. The molecule has 5 heteroatoms. The van der Waals surface area contributed by atoms with Gasteiger partial charge in [-0.25, -0.2) is 0 Å². The topological polar surface area (TPSA) is 74.2 Å². The van der Waals surface area contributed by atoms with Crippen LogP contribution in [-0.4, -0.2) is 16.2 Å². The third-order valence-electron chi connectivity index (χ3n) is 3.26. The van der Waals surface area contributed by atoms with E-state index >= 15 is 0 Å². The van der Waals surface area contributed by atoms with Gasteiger partial charge in [0.05, 0.1) is 12.6 Å². The Morgan fingerprint density at radius 3 is 2.45 bits per heavy atom. The van der Waals surface area contributed by atoms with Crippen LogP contribution in [0.25, 0.3) is 11.4 Å². The Kier molecular flexibility index (Phi) is 4.39. The molecule has 1 aromatic carbocycles. The number of aromatic nitrogens is 2. The summed E-state index contributed by atoms with van der Waals surface area (Å²) >= 11 is 0. The summed E-state index contributed by atoms with van der Waals surface area (Å²) in [6.07, 6.45) is 1.18. The van der Waals surface area contributed by atoms with Gasteiger partial charge in [-0.1, -0.05) is 12.1 Å². The highest BCUT2D eigenvalue weighted by molar-refractivity contribution is 5.61. The quantitative estimate of drug-likeness (QED) is 0.908. The zero-order valence-electron chi connectivity index (χ0n) is 12.4. The van der Waals surface area contributed by atoms with Crippen LogP contribution < -0.4 is 10.5 Å². The summed E-state index contributed by atoms with van der Waals surface area (Å²) in [6.45, 7) is 8.48. The number of hydrogen-bond acceptors (Lipinski definition) is 5. The molecule has 5 nitrogen and oxygen atoms in total. The monoisotopic (exact) mass is 275 g/mol. The van der Waals surface area contributed by atoms with E-state index in [1.807, 2.05) is 26.0 Å². The average Bonchev–Trinajstić information content (AvgIpc) is 2.91. The van der Waals surface area contributed by atoms with Gasteiger partial charge >= 0.3 is 0 Å². The van der Waals surface area contributed by atoms with Gasteiger partial charge in [-0.3, -0.25) is 0 Å². The SMILES string of the molecule is CC[C@H](C)Oc1c(C)cc(-c2noc(CN)n2)cc1C. The highest BCUT2D eigenvalue weighted by atomic mass is 16.5. The van der Waals surface area contributed by atoms with Crippen LogP contribution in [0.15, 0.2) is 16.7 Å². The van der Waals surface area contributed by atoms with Gasteiger partial charge in [-0.15, -0.1) is 0 Å². The molecule has 0 spiro atoms. The maximum atomic E-state index is 5.96. The Balaban J connectivity index is 2.34. The number of aryl methyl sites for hydroxylation is 2. The highest BCUT2D eigenvalue weighted by Crippen LogP contribution is 2.30. The van der Waals surface area contributed by atoms with E-state index in [4.69, 9.17) is 15.0 Å². The first kappa shape index (κ1) is 14.5. The second kappa shape index (κ2) is 6.05. The molecule has 1 aromatic heterocycles. The van der Waals surface area contributed by atoms with Crippen molar-refractivity contribution in [3.05, 3.63) is 29.2 Å². The van der Waals surface area contributed by atoms with E-state index in [0.717, 1.165) is 28.9 Å². The van der Waals surface area contributed by atoms with Gasteiger partial charge in [0.15, 0.2) is 0 Å². The Morgan fingerprint density at radius 2 is 1.95 bits per heavy atom. The fourth-order valence-corrected chi connectivity index (χ4v) is 2.00. The smallest absolute Gasteiger partial charge is 0.240 e. The van der Waals surface area contributed by atoms with Gasteiger partial charge < -0.3 is 15.0 Å². The van der Waals surface area contributed by atoms with Gasteiger partial charge in [0.2, 0.25) is 11.7 Å². The van der Waals surface area contributed by atoms with Crippen molar-refractivity contribution in [1.82, 2.24) is 10.1 Å². The van der Waals surface area contributed by atoms with E-state index in [1.54, 1.807) is 0 Å². The lowest BCUT2D eigenvalue weighted by molar-refractivity contribution is 0.214. The molecular weight excluding hydrogens is 254 g/mol. The maximum Gasteiger partial charge on any atom is 0.240 e. The Bertz CT molecular complexity index is 570. The number of hydrogen-bond donors (Lipinski definition) is 1. The van der Waals surface area contributed by atoms with Crippen LogP contribution in [0.1, 0.15) is 37.3 Å². The molecule has 0 saturated carbocycles. The molecule has 0 unspecified atom stereocenters. The molecule has 0 aliphatic heterocycles. The third-order valence-corrected chi connectivity index (χ3v) is 3.26. The minimum absolute atomic E-state index is 0.201. The Morgan fingerprint density at radius 1 is 1.30 bits per heavy atom. The lowest BCUT2D eigenvalue weighted by Crippen LogP contribution is -2.11. The van der Waals surface area contributed by atoms with E-state index in [1.165, 1.54) is 0 Å². The first-order valence-corrected chi connectivity index (χ1v) is 6.86. The molecule has 0 radical (unpaired) electrons. The molecule has 1 heterocycles.